The summed E-state index contributed by atoms with van der Waals surface area (Å²) >= 11 is 2.78. The average molecular weight is 240 g/mol. The van der Waals surface area contributed by atoms with E-state index in [-0.39, 0.29) is 0 Å². The molecule has 0 atom stereocenters. The van der Waals surface area contributed by atoms with Gasteiger partial charge in [-0.15, -0.1) is 16.4 Å². The smallest absolute Gasteiger partial charge is 0.157 e. The minimum atomic E-state index is 0.617. The van der Waals surface area contributed by atoms with Crippen LogP contribution in [0.3, 0.4) is 0 Å². The van der Waals surface area contributed by atoms with Crippen LogP contribution in [0.4, 0.5) is 5.00 Å². The second-order valence-electron chi connectivity index (χ2n) is 3.73. The number of nitrogens with zero attached hydrogens (tertiary/aromatic N) is 3. The van der Waals surface area contributed by atoms with Crippen molar-refractivity contribution in [3.8, 4) is 10.7 Å². The molecule has 2 aromatic rings. The number of nitrogens with two attached hydrogens (primary N) is 1. The molecule has 0 aliphatic rings. The quantitative estimate of drug-likeness (QED) is 0.895. The molecule has 0 amide bonds. The van der Waals surface area contributed by atoms with Crippen molar-refractivity contribution in [1.29, 1.82) is 0 Å². The van der Waals surface area contributed by atoms with E-state index in [9.17, 15) is 0 Å². The Labute approximate surface area is 96.3 Å². The van der Waals surface area contributed by atoms with E-state index in [1.165, 1.54) is 11.5 Å². The highest BCUT2D eigenvalue weighted by Gasteiger charge is 2.12. The van der Waals surface area contributed by atoms with Crippen molar-refractivity contribution in [3.63, 3.8) is 0 Å². The summed E-state index contributed by atoms with van der Waals surface area (Å²) in [7, 11) is 0. The van der Waals surface area contributed by atoms with E-state index < -0.39 is 0 Å². The Balaban J connectivity index is 2.24. The summed E-state index contributed by atoms with van der Waals surface area (Å²) in [5, 5.41) is 7.54. The standard InChI is InChI=1S/C9H12N4S2/c1-5(2)3-6-4-14-9(11-6)7-8(10)15-13-12-7/h4-5H,3,10H2,1-2H3. The van der Waals surface area contributed by atoms with Gasteiger partial charge in [-0.3, -0.25) is 0 Å². The van der Waals surface area contributed by atoms with Gasteiger partial charge in [0.1, 0.15) is 10.0 Å². The molecule has 2 rings (SSSR count). The maximum atomic E-state index is 5.74. The molecule has 0 saturated heterocycles. The molecular weight excluding hydrogens is 228 g/mol. The molecule has 0 unspecified atom stereocenters. The van der Waals surface area contributed by atoms with Gasteiger partial charge in [0.15, 0.2) is 5.69 Å². The van der Waals surface area contributed by atoms with E-state index in [1.54, 1.807) is 11.3 Å². The van der Waals surface area contributed by atoms with E-state index >= 15 is 0 Å². The molecule has 15 heavy (non-hydrogen) atoms. The van der Waals surface area contributed by atoms with Gasteiger partial charge in [0.05, 0.1) is 5.69 Å². The summed E-state index contributed by atoms with van der Waals surface area (Å²) in [6.45, 7) is 4.36. The molecular formula is C9H12N4S2. The lowest BCUT2D eigenvalue weighted by molar-refractivity contribution is 0.638. The Morgan fingerprint density at radius 3 is 2.87 bits per heavy atom. The molecule has 0 aromatic carbocycles. The average Bonchev–Trinajstić information content (AvgIpc) is 2.72. The van der Waals surface area contributed by atoms with Crippen LogP contribution in [0.15, 0.2) is 5.38 Å². The number of hydrogen-bond acceptors (Lipinski definition) is 6. The van der Waals surface area contributed by atoms with E-state index in [1.807, 2.05) is 0 Å². The zero-order chi connectivity index (χ0) is 10.8. The minimum absolute atomic E-state index is 0.617. The van der Waals surface area contributed by atoms with E-state index in [0.29, 0.717) is 10.9 Å². The predicted molar refractivity (Wildman–Crippen MR) is 64.0 cm³/mol. The monoisotopic (exact) mass is 240 g/mol. The van der Waals surface area contributed by atoms with Crippen molar-refractivity contribution < 1.29 is 0 Å². The lowest BCUT2D eigenvalue weighted by atomic mass is 10.1. The molecule has 2 N–H and O–H groups in total. The maximum absolute atomic E-state index is 5.74. The van der Waals surface area contributed by atoms with Gasteiger partial charge in [0.2, 0.25) is 0 Å². The zero-order valence-corrected chi connectivity index (χ0v) is 10.2. The first-order valence-electron chi connectivity index (χ1n) is 4.69. The van der Waals surface area contributed by atoms with Gasteiger partial charge in [-0.1, -0.05) is 18.3 Å². The zero-order valence-electron chi connectivity index (χ0n) is 8.60. The van der Waals surface area contributed by atoms with Crippen LogP contribution in [0, 0.1) is 5.92 Å². The summed E-state index contributed by atoms with van der Waals surface area (Å²) in [4.78, 5) is 4.50. The number of thiazole rings is 1. The Kier molecular flexibility index (Phi) is 2.97. The molecule has 0 bridgehead atoms. The molecule has 80 valence electrons. The minimum Gasteiger partial charge on any atom is -0.387 e. The van der Waals surface area contributed by atoms with Gasteiger partial charge in [-0.05, 0) is 12.3 Å². The van der Waals surface area contributed by atoms with Crippen LogP contribution in [-0.2, 0) is 6.42 Å². The van der Waals surface area contributed by atoms with Crippen LogP contribution in [0.1, 0.15) is 19.5 Å². The molecule has 2 heterocycles. The molecule has 2 aromatic heterocycles. The van der Waals surface area contributed by atoms with Crippen LogP contribution in [0.2, 0.25) is 0 Å². The number of nitrogen functional groups attached to an aromatic ring is 1. The second kappa shape index (κ2) is 4.24. The molecule has 0 aliphatic heterocycles. The predicted octanol–water partition coefficient (Wildman–Crippen LogP) is 2.44. The normalized spacial score (nSPS) is 11.1. The van der Waals surface area contributed by atoms with Crippen LogP contribution in [0.5, 0.6) is 0 Å². The van der Waals surface area contributed by atoms with Gasteiger partial charge in [0.25, 0.3) is 0 Å². The molecule has 0 saturated carbocycles. The van der Waals surface area contributed by atoms with Crippen molar-refractivity contribution in [3.05, 3.63) is 11.1 Å². The highest BCUT2D eigenvalue weighted by Crippen LogP contribution is 2.29. The highest BCUT2D eigenvalue weighted by molar-refractivity contribution is 7.14. The summed E-state index contributed by atoms with van der Waals surface area (Å²) in [6.07, 6.45) is 0.994. The van der Waals surface area contributed by atoms with Crippen LogP contribution in [0.25, 0.3) is 10.7 Å². The highest BCUT2D eigenvalue weighted by atomic mass is 32.1. The maximum Gasteiger partial charge on any atom is 0.157 e. The Hall–Kier alpha value is -1.01. The fourth-order valence-electron chi connectivity index (χ4n) is 1.27. The topological polar surface area (TPSA) is 64.7 Å². The summed E-state index contributed by atoms with van der Waals surface area (Å²) in [5.41, 5.74) is 7.57. The fourth-order valence-corrected chi connectivity index (χ4v) is 2.60. The number of hydrogen-bond donors (Lipinski definition) is 1. The van der Waals surface area contributed by atoms with E-state index in [0.717, 1.165) is 22.8 Å². The number of anilines is 1. The molecule has 0 aliphatic carbocycles. The van der Waals surface area contributed by atoms with Crippen molar-refractivity contribution in [2.24, 2.45) is 5.92 Å². The van der Waals surface area contributed by atoms with Crippen LogP contribution < -0.4 is 5.73 Å². The van der Waals surface area contributed by atoms with E-state index in [4.69, 9.17) is 5.73 Å². The lowest BCUT2D eigenvalue weighted by Crippen LogP contribution is -1.94. The van der Waals surface area contributed by atoms with Crippen LogP contribution in [-0.4, -0.2) is 14.6 Å². The molecule has 6 heteroatoms. The third kappa shape index (κ3) is 2.32. The van der Waals surface area contributed by atoms with Gasteiger partial charge in [-0.25, -0.2) is 4.98 Å². The van der Waals surface area contributed by atoms with Gasteiger partial charge < -0.3 is 5.73 Å². The third-order valence-corrected chi connectivity index (χ3v) is 3.34. The molecule has 4 nitrogen and oxygen atoms in total. The number of aromatic nitrogens is 3. The van der Waals surface area contributed by atoms with Crippen LogP contribution >= 0.6 is 22.9 Å². The first-order valence-corrected chi connectivity index (χ1v) is 6.34. The Bertz CT molecular complexity index is 446. The van der Waals surface area contributed by atoms with Crippen molar-refractivity contribution >= 4 is 27.9 Å². The van der Waals surface area contributed by atoms with Gasteiger partial charge in [0, 0.05) is 16.9 Å². The van der Waals surface area contributed by atoms with Crippen molar-refractivity contribution in [2.75, 3.05) is 5.73 Å². The van der Waals surface area contributed by atoms with Gasteiger partial charge >= 0.3 is 0 Å². The summed E-state index contributed by atoms with van der Waals surface area (Å²) in [6, 6.07) is 0. The second-order valence-corrected chi connectivity index (χ2v) is 5.37. The Morgan fingerprint density at radius 1 is 1.47 bits per heavy atom. The third-order valence-electron chi connectivity index (χ3n) is 1.89. The fraction of sp³-hybridized carbons (Fsp3) is 0.444. The lowest BCUT2D eigenvalue weighted by Gasteiger charge is -1.98. The first-order chi connectivity index (χ1) is 7.16. The summed E-state index contributed by atoms with van der Waals surface area (Å²) < 4.78 is 3.80. The summed E-state index contributed by atoms with van der Waals surface area (Å²) in [5.74, 6) is 0.617. The largest absolute Gasteiger partial charge is 0.387 e. The first kappa shape index (κ1) is 10.5. The molecule has 0 radical (unpaired) electrons. The number of rotatable bonds is 3. The van der Waals surface area contributed by atoms with Crippen molar-refractivity contribution in [1.82, 2.24) is 14.6 Å². The van der Waals surface area contributed by atoms with Gasteiger partial charge in [-0.2, -0.15) is 0 Å². The SMILES string of the molecule is CC(C)Cc1csc(-c2nnsc2N)n1. The molecule has 0 fully saturated rings. The molecule has 0 spiro atoms. The Morgan fingerprint density at radius 2 is 2.27 bits per heavy atom. The van der Waals surface area contributed by atoms with E-state index in [2.05, 4.69) is 33.8 Å². The van der Waals surface area contributed by atoms with Crippen molar-refractivity contribution in [2.45, 2.75) is 20.3 Å².